The lowest BCUT2D eigenvalue weighted by Gasteiger charge is -2.20. The second kappa shape index (κ2) is 6.98. The van der Waals surface area contributed by atoms with Crippen molar-refractivity contribution < 1.29 is 21.6 Å². The largest absolute Gasteiger partial charge is 0.441 e. The normalized spacial score (nSPS) is 17.0. The van der Waals surface area contributed by atoms with Gasteiger partial charge in [0.15, 0.2) is 23.3 Å². The monoisotopic (exact) mass is 356 g/mol. The van der Waals surface area contributed by atoms with Crippen molar-refractivity contribution in [2.45, 2.75) is 44.9 Å². The van der Waals surface area contributed by atoms with Crippen LogP contribution in [-0.4, -0.2) is 9.19 Å². The van der Waals surface area contributed by atoms with Crippen molar-refractivity contribution in [2.75, 3.05) is 0 Å². The van der Waals surface area contributed by atoms with E-state index >= 15 is 0 Å². The Morgan fingerprint density at radius 2 is 1.88 bits per heavy atom. The van der Waals surface area contributed by atoms with Gasteiger partial charge in [-0.3, -0.25) is 0 Å². The average molecular weight is 356 g/mol. The highest BCUT2D eigenvalue weighted by atomic mass is 32.2. The summed E-state index contributed by atoms with van der Waals surface area (Å²) in [5.74, 6) is -1.70. The van der Waals surface area contributed by atoms with Gasteiger partial charge < -0.3 is 8.60 Å². The Hall–Kier alpha value is -1.80. The first kappa shape index (κ1) is 17.0. The molecule has 1 aromatic carbocycles. The van der Waals surface area contributed by atoms with E-state index in [2.05, 4.69) is 9.17 Å². The van der Waals surface area contributed by atoms with Crippen molar-refractivity contribution in [3.63, 3.8) is 0 Å². The van der Waals surface area contributed by atoms with E-state index in [4.69, 9.17) is 9.56 Å². The highest BCUT2D eigenvalue weighted by molar-refractivity contribution is 7.78. The van der Waals surface area contributed by atoms with Gasteiger partial charge in [0.05, 0.1) is 5.69 Å². The van der Waals surface area contributed by atoms with Gasteiger partial charge in [0.2, 0.25) is 5.75 Å². The fourth-order valence-electron chi connectivity index (χ4n) is 3.16. The molecule has 0 saturated heterocycles. The number of hydrogen-bond donors (Lipinski definition) is 1. The molecule has 0 aliphatic heterocycles. The molecule has 130 valence electrons. The Morgan fingerprint density at radius 3 is 2.46 bits per heavy atom. The Kier molecular flexibility index (Phi) is 4.96. The third-order valence-corrected chi connectivity index (χ3v) is 4.51. The molecule has 0 radical (unpaired) electrons. The van der Waals surface area contributed by atoms with E-state index < -0.39 is 28.7 Å². The van der Waals surface area contributed by atoms with Gasteiger partial charge in [0, 0.05) is 18.4 Å². The predicted molar refractivity (Wildman–Crippen MR) is 85.4 cm³/mol. The van der Waals surface area contributed by atoms with Crippen LogP contribution in [0.4, 0.5) is 8.78 Å². The molecule has 3 rings (SSSR count). The van der Waals surface area contributed by atoms with Crippen LogP contribution in [0.2, 0.25) is 0 Å². The minimum Gasteiger partial charge on any atom is -0.441 e. The van der Waals surface area contributed by atoms with E-state index in [9.17, 15) is 13.0 Å². The molecule has 1 aromatic heterocycles. The van der Waals surface area contributed by atoms with Crippen LogP contribution in [0, 0.1) is 18.6 Å². The molecular weight excluding hydrogens is 338 g/mol. The van der Waals surface area contributed by atoms with Gasteiger partial charge in [-0.15, -0.1) is 0 Å². The third-order valence-electron chi connectivity index (χ3n) is 4.18. The summed E-state index contributed by atoms with van der Waals surface area (Å²) in [6.07, 6.45) is 5.37. The van der Waals surface area contributed by atoms with Gasteiger partial charge in [0.1, 0.15) is 0 Å². The van der Waals surface area contributed by atoms with Gasteiger partial charge >= 0.3 is 0 Å². The number of aromatic nitrogens is 1. The second-order valence-corrected chi connectivity index (χ2v) is 6.58. The standard InChI is InChI=1S/C16H18F2N2O3S/c1-9-20-14(10-5-3-2-4-6-10)15(22-9)11-7-12(17)16(13(18)8-11)23-24(19)21/h7-8,10H,2-6,19H2,1H3. The molecule has 1 heterocycles. The summed E-state index contributed by atoms with van der Waals surface area (Å²) in [6.45, 7) is 1.71. The SMILES string of the molecule is Cc1nc(C2CCCCC2)c(-c2cc(F)c(OS(N)=O)c(F)c2)o1. The molecule has 2 aromatic rings. The first-order chi connectivity index (χ1) is 11.5. The predicted octanol–water partition coefficient (Wildman–Crippen LogP) is 3.89. The molecule has 1 aliphatic carbocycles. The number of halogens is 2. The average Bonchev–Trinajstić information content (AvgIpc) is 2.93. The van der Waals surface area contributed by atoms with Crippen molar-refractivity contribution in [1.29, 1.82) is 0 Å². The molecular formula is C16H18F2N2O3S. The molecule has 1 atom stereocenters. The quantitative estimate of drug-likeness (QED) is 0.901. The van der Waals surface area contributed by atoms with Crippen molar-refractivity contribution in [2.24, 2.45) is 5.14 Å². The van der Waals surface area contributed by atoms with Crippen molar-refractivity contribution in [3.05, 3.63) is 35.4 Å². The van der Waals surface area contributed by atoms with Crippen LogP contribution < -0.4 is 9.32 Å². The number of hydrogen-bond acceptors (Lipinski definition) is 4. The van der Waals surface area contributed by atoms with E-state index in [1.54, 1.807) is 6.92 Å². The van der Waals surface area contributed by atoms with Crippen LogP contribution in [0.5, 0.6) is 5.75 Å². The summed E-state index contributed by atoms with van der Waals surface area (Å²) >= 11 is -2.31. The van der Waals surface area contributed by atoms with E-state index in [0.29, 0.717) is 11.7 Å². The van der Waals surface area contributed by atoms with Crippen LogP contribution in [0.25, 0.3) is 11.3 Å². The van der Waals surface area contributed by atoms with Crippen LogP contribution in [0.3, 0.4) is 0 Å². The summed E-state index contributed by atoms with van der Waals surface area (Å²) in [6, 6.07) is 2.16. The zero-order valence-corrected chi connectivity index (χ0v) is 14.0. The maximum Gasteiger partial charge on any atom is 0.285 e. The van der Waals surface area contributed by atoms with E-state index in [0.717, 1.165) is 43.5 Å². The second-order valence-electron chi connectivity index (χ2n) is 5.90. The minimum absolute atomic E-state index is 0.227. The number of aryl methyl sites for hydroxylation is 1. The van der Waals surface area contributed by atoms with Gasteiger partial charge in [-0.2, -0.15) is 4.21 Å². The number of nitrogens with zero attached hydrogens (tertiary/aromatic N) is 1. The number of oxazole rings is 1. The summed E-state index contributed by atoms with van der Waals surface area (Å²) in [4.78, 5) is 4.43. The van der Waals surface area contributed by atoms with Gasteiger partial charge in [-0.25, -0.2) is 18.9 Å². The summed E-state index contributed by atoms with van der Waals surface area (Å²) < 4.78 is 49.2. The molecule has 1 fully saturated rings. The van der Waals surface area contributed by atoms with Crippen molar-refractivity contribution in [1.82, 2.24) is 4.98 Å². The van der Waals surface area contributed by atoms with Crippen LogP contribution in [-0.2, 0) is 11.3 Å². The van der Waals surface area contributed by atoms with Crippen LogP contribution in [0.15, 0.2) is 16.5 Å². The molecule has 0 spiro atoms. The van der Waals surface area contributed by atoms with Crippen LogP contribution >= 0.6 is 0 Å². The Morgan fingerprint density at radius 1 is 1.25 bits per heavy atom. The van der Waals surface area contributed by atoms with Crippen molar-refractivity contribution in [3.8, 4) is 17.1 Å². The first-order valence-electron chi connectivity index (χ1n) is 7.77. The Bertz CT molecular complexity index is 750. The lowest BCUT2D eigenvalue weighted by molar-refractivity contribution is 0.436. The molecule has 0 amide bonds. The molecule has 1 aliphatic rings. The van der Waals surface area contributed by atoms with E-state index in [1.807, 2.05) is 0 Å². The summed E-state index contributed by atoms with van der Waals surface area (Å²) in [5, 5.41) is 4.92. The molecule has 8 heteroatoms. The summed E-state index contributed by atoms with van der Waals surface area (Å²) in [5.41, 5.74) is 0.975. The number of nitrogens with two attached hydrogens (primary N) is 1. The molecule has 1 unspecified atom stereocenters. The number of rotatable bonds is 4. The van der Waals surface area contributed by atoms with E-state index in [1.165, 1.54) is 6.42 Å². The molecule has 5 nitrogen and oxygen atoms in total. The van der Waals surface area contributed by atoms with Gasteiger partial charge in [-0.05, 0) is 25.0 Å². The first-order valence-corrected chi connectivity index (χ1v) is 8.90. The number of benzene rings is 1. The van der Waals surface area contributed by atoms with Gasteiger partial charge in [0.25, 0.3) is 11.3 Å². The maximum atomic E-state index is 14.1. The molecule has 2 N–H and O–H groups in total. The fraction of sp³-hybridized carbons (Fsp3) is 0.438. The van der Waals surface area contributed by atoms with Gasteiger partial charge in [-0.1, -0.05) is 19.3 Å². The maximum absolute atomic E-state index is 14.1. The lowest BCUT2D eigenvalue weighted by Crippen LogP contribution is -2.12. The third kappa shape index (κ3) is 3.49. The van der Waals surface area contributed by atoms with Crippen molar-refractivity contribution >= 4 is 11.3 Å². The Balaban J connectivity index is 2.01. The Labute approximate surface area is 141 Å². The molecule has 0 bridgehead atoms. The molecule has 1 saturated carbocycles. The fourth-order valence-corrected chi connectivity index (χ4v) is 3.48. The topological polar surface area (TPSA) is 78.4 Å². The summed E-state index contributed by atoms with van der Waals surface area (Å²) in [7, 11) is 0. The van der Waals surface area contributed by atoms with E-state index in [-0.39, 0.29) is 11.5 Å². The zero-order chi connectivity index (χ0) is 17.3. The highest BCUT2D eigenvalue weighted by Crippen LogP contribution is 2.39. The smallest absolute Gasteiger partial charge is 0.285 e. The zero-order valence-electron chi connectivity index (χ0n) is 13.2. The lowest BCUT2D eigenvalue weighted by atomic mass is 9.85. The highest BCUT2D eigenvalue weighted by Gasteiger charge is 2.26. The minimum atomic E-state index is -2.31. The molecule has 24 heavy (non-hydrogen) atoms. The van der Waals surface area contributed by atoms with Crippen LogP contribution in [0.1, 0.15) is 49.6 Å².